The standard InChI is InChI=1S/C40H48FN3O8/c1-25(2)38-37(40(52)43-29-11-7-4-8-12-29)36(26-9-5-3-6-10-26)39(27-13-15-28(41)16-14-27)44(38)20-18-31(46)22-32(47)23-34(49)42-19-17-30(45)21-33(48)24-35(50)51/h3-16,25,30-33,45-48H,17-24H2,1-2H3,(H,42,49)(H,43,52)(H,50,51). The van der Waals surface area contributed by atoms with Crippen LogP contribution in [0.15, 0.2) is 84.9 Å². The van der Waals surface area contributed by atoms with Gasteiger partial charge in [-0.05, 0) is 79.1 Å². The Morgan fingerprint density at radius 3 is 1.90 bits per heavy atom. The first-order valence-electron chi connectivity index (χ1n) is 17.5. The number of nitrogens with zero attached hydrogens (tertiary/aromatic N) is 1. The third kappa shape index (κ3) is 11.3. The first kappa shape index (κ1) is 39.9. The van der Waals surface area contributed by atoms with Gasteiger partial charge in [-0.1, -0.05) is 62.4 Å². The van der Waals surface area contributed by atoms with Crippen molar-refractivity contribution in [3.63, 3.8) is 0 Å². The van der Waals surface area contributed by atoms with Crippen molar-refractivity contribution in [3.8, 4) is 22.4 Å². The third-order valence-electron chi connectivity index (χ3n) is 8.69. The molecular weight excluding hydrogens is 669 g/mol. The van der Waals surface area contributed by atoms with Crippen LogP contribution < -0.4 is 10.6 Å². The number of aliphatic hydroxyl groups excluding tert-OH is 4. The van der Waals surface area contributed by atoms with Crippen molar-refractivity contribution in [1.29, 1.82) is 0 Å². The van der Waals surface area contributed by atoms with Gasteiger partial charge in [0.1, 0.15) is 5.82 Å². The van der Waals surface area contributed by atoms with Crippen molar-refractivity contribution in [1.82, 2.24) is 9.88 Å². The van der Waals surface area contributed by atoms with Gasteiger partial charge >= 0.3 is 5.97 Å². The first-order valence-corrected chi connectivity index (χ1v) is 17.5. The number of halogens is 1. The molecule has 1 heterocycles. The Morgan fingerprint density at radius 1 is 0.731 bits per heavy atom. The summed E-state index contributed by atoms with van der Waals surface area (Å²) in [6.07, 6.45) is -5.20. The van der Waals surface area contributed by atoms with E-state index in [4.69, 9.17) is 5.11 Å². The van der Waals surface area contributed by atoms with E-state index in [1.54, 1.807) is 24.3 Å². The number of aromatic nitrogens is 1. The summed E-state index contributed by atoms with van der Waals surface area (Å²) in [7, 11) is 0. The number of carbonyl (C=O) groups is 3. The average Bonchev–Trinajstić information content (AvgIpc) is 3.43. The van der Waals surface area contributed by atoms with Crippen molar-refractivity contribution in [3.05, 3.63) is 102 Å². The Kier molecular flexibility index (Phi) is 14.7. The van der Waals surface area contributed by atoms with Crippen LogP contribution in [0.3, 0.4) is 0 Å². The number of benzene rings is 3. The number of anilines is 1. The summed E-state index contributed by atoms with van der Waals surface area (Å²) in [6, 6.07) is 24.6. The number of hydrogen-bond donors (Lipinski definition) is 7. The molecule has 0 fully saturated rings. The number of rotatable bonds is 19. The Balaban J connectivity index is 1.55. The summed E-state index contributed by atoms with van der Waals surface area (Å²) in [4.78, 5) is 37.4. The van der Waals surface area contributed by atoms with Gasteiger partial charge in [0.25, 0.3) is 5.91 Å². The number of carboxylic acid groups (broad SMARTS) is 1. The maximum absolute atomic E-state index is 14.2. The van der Waals surface area contributed by atoms with Crippen LogP contribution in [-0.2, 0) is 16.1 Å². The number of aliphatic carboxylic acids is 1. The topological polar surface area (TPSA) is 181 Å². The Morgan fingerprint density at radius 2 is 1.31 bits per heavy atom. The maximum Gasteiger partial charge on any atom is 0.305 e. The number of hydrogen-bond acceptors (Lipinski definition) is 7. The fourth-order valence-corrected chi connectivity index (χ4v) is 6.38. The van der Waals surface area contributed by atoms with Crippen molar-refractivity contribution in [2.45, 2.75) is 89.3 Å². The number of para-hydroxylation sites is 1. The van der Waals surface area contributed by atoms with Crippen LogP contribution in [0, 0.1) is 5.82 Å². The summed E-state index contributed by atoms with van der Waals surface area (Å²) in [5, 5.41) is 55.8. The van der Waals surface area contributed by atoms with Crippen LogP contribution in [0.4, 0.5) is 10.1 Å². The van der Waals surface area contributed by atoms with E-state index in [0.717, 1.165) is 11.3 Å². The smallest absolute Gasteiger partial charge is 0.305 e. The van der Waals surface area contributed by atoms with E-state index in [0.29, 0.717) is 28.1 Å². The van der Waals surface area contributed by atoms with Crippen LogP contribution >= 0.6 is 0 Å². The lowest BCUT2D eigenvalue weighted by Gasteiger charge is -2.20. The second-order valence-electron chi connectivity index (χ2n) is 13.3. The number of nitrogens with one attached hydrogen (secondary N) is 2. The predicted octanol–water partition coefficient (Wildman–Crippen LogP) is 5.32. The average molecular weight is 718 g/mol. The van der Waals surface area contributed by atoms with Crippen LogP contribution in [0.5, 0.6) is 0 Å². The van der Waals surface area contributed by atoms with Gasteiger partial charge in [-0.15, -0.1) is 0 Å². The molecule has 52 heavy (non-hydrogen) atoms. The molecule has 0 radical (unpaired) electrons. The molecule has 7 N–H and O–H groups in total. The van der Waals surface area contributed by atoms with E-state index in [-0.39, 0.29) is 57.0 Å². The van der Waals surface area contributed by atoms with E-state index >= 15 is 0 Å². The molecule has 1 aromatic heterocycles. The Labute approximate surface area is 302 Å². The molecule has 0 bridgehead atoms. The predicted molar refractivity (Wildman–Crippen MR) is 196 cm³/mol. The molecule has 2 amide bonds. The second kappa shape index (κ2) is 19.1. The van der Waals surface area contributed by atoms with Crippen LogP contribution in [0.25, 0.3) is 22.4 Å². The van der Waals surface area contributed by atoms with Gasteiger partial charge in [-0.25, -0.2) is 4.39 Å². The minimum Gasteiger partial charge on any atom is -0.481 e. The summed E-state index contributed by atoms with van der Waals surface area (Å²) < 4.78 is 16.2. The van der Waals surface area contributed by atoms with Crippen molar-refractivity contribution in [2.24, 2.45) is 0 Å². The van der Waals surface area contributed by atoms with Gasteiger partial charge in [0, 0.05) is 30.0 Å². The largest absolute Gasteiger partial charge is 0.481 e. The number of carboxylic acids is 1. The molecule has 0 aliphatic heterocycles. The molecule has 4 aromatic rings. The number of amides is 2. The molecule has 0 saturated heterocycles. The molecule has 11 nitrogen and oxygen atoms in total. The molecule has 4 unspecified atom stereocenters. The Hall–Kier alpha value is -4.88. The van der Waals surface area contributed by atoms with Gasteiger partial charge < -0.3 is 40.7 Å². The van der Waals surface area contributed by atoms with Crippen molar-refractivity contribution < 1.29 is 44.3 Å². The van der Waals surface area contributed by atoms with Crippen molar-refractivity contribution >= 4 is 23.5 Å². The minimum absolute atomic E-state index is 0.0523. The maximum atomic E-state index is 14.2. The van der Waals surface area contributed by atoms with Crippen LogP contribution in [-0.4, -0.2) is 78.8 Å². The minimum atomic E-state index is -1.20. The van der Waals surface area contributed by atoms with E-state index in [1.807, 2.05) is 66.9 Å². The molecule has 278 valence electrons. The first-order chi connectivity index (χ1) is 24.8. The SMILES string of the molecule is CC(C)c1c(C(=O)Nc2ccccc2)c(-c2ccccc2)c(-c2ccc(F)cc2)n1CCC(O)CC(O)CC(=O)NCCC(O)CC(O)CC(=O)O. The monoisotopic (exact) mass is 717 g/mol. The molecule has 4 rings (SSSR count). The third-order valence-corrected chi connectivity index (χ3v) is 8.69. The summed E-state index contributed by atoms with van der Waals surface area (Å²) in [5.41, 5.74) is 4.60. The van der Waals surface area contributed by atoms with Crippen LogP contribution in [0.1, 0.15) is 74.3 Å². The fraction of sp³-hybridized carbons (Fsp3) is 0.375. The molecule has 0 aliphatic carbocycles. The highest BCUT2D eigenvalue weighted by atomic mass is 19.1. The zero-order valence-electron chi connectivity index (χ0n) is 29.4. The molecule has 0 aliphatic rings. The molecular formula is C40H48FN3O8. The Bertz CT molecular complexity index is 1760. The second-order valence-corrected chi connectivity index (χ2v) is 13.3. The lowest BCUT2D eigenvalue weighted by atomic mass is 9.94. The highest BCUT2D eigenvalue weighted by Gasteiger charge is 2.31. The van der Waals surface area contributed by atoms with Gasteiger partial charge in [0.05, 0.1) is 48.5 Å². The quantitative estimate of drug-likeness (QED) is 0.0681. The van der Waals surface area contributed by atoms with Gasteiger partial charge in [0.2, 0.25) is 5.91 Å². The van der Waals surface area contributed by atoms with E-state index in [2.05, 4.69) is 10.6 Å². The summed E-state index contributed by atoms with van der Waals surface area (Å²) in [6.45, 7) is 4.25. The van der Waals surface area contributed by atoms with Gasteiger partial charge in [0.15, 0.2) is 0 Å². The van der Waals surface area contributed by atoms with E-state index in [1.165, 1.54) is 12.1 Å². The van der Waals surface area contributed by atoms with Gasteiger partial charge in [-0.2, -0.15) is 0 Å². The number of carbonyl (C=O) groups excluding carboxylic acids is 2. The van der Waals surface area contributed by atoms with E-state index in [9.17, 15) is 39.2 Å². The fourth-order valence-electron chi connectivity index (χ4n) is 6.38. The zero-order valence-corrected chi connectivity index (χ0v) is 29.4. The molecule has 12 heteroatoms. The highest BCUT2D eigenvalue weighted by Crippen LogP contribution is 2.42. The molecule has 4 atom stereocenters. The van der Waals surface area contributed by atoms with Gasteiger partial charge in [-0.3, -0.25) is 14.4 Å². The summed E-state index contributed by atoms with van der Waals surface area (Å²) >= 11 is 0. The lowest BCUT2D eigenvalue weighted by molar-refractivity contribution is -0.139. The van der Waals surface area contributed by atoms with Crippen molar-refractivity contribution in [2.75, 3.05) is 11.9 Å². The zero-order chi connectivity index (χ0) is 37.8. The van der Waals surface area contributed by atoms with Crippen LogP contribution in [0.2, 0.25) is 0 Å². The van der Waals surface area contributed by atoms with E-state index < -0.39 is 48.5 Å². The number of aliphatic hydroxyl groups is 4. The molecule has 0 saturated carbocycles. The molecule has 0 spiro atoms. The highest BCUT2D eigenvalue weighted by molar-refractivity contribution is 6.12. The summed E-state index contributed by atoms with van der Waals surface area (Å²) in [5.74, 6) is -2.56. The lowest BCUT2D eigenvalue weighted by Crippen LogP contribution is -2.32. The molecule has 3 aromatic carbocycles. The normalized spacial score (nSPS) is 13.7.